The average Bonchev–Trinajstić information content (AvgIpc) is 2.70. The second-order valence-electron chi connectivity index (χ2n) is 3.80. The van der Waals surface area contributed by atoms with E-state index in [2.05, 4.69) is 9.98 Å². The molecule has 0 amide bonds. The largest absolute Gasteiger partial charge is 0.507 e. The van der Waals surface area contributed by atoms with Crippen LogP contribution >= 0.6 is 11.8 Å². The van der Waals surface area contributed by atoms with Gasteiger partial charge in [0.05, 0.1) is 12.9 Å². The fourth-order valence-electron chi connectivity index (χ4n) is 1.56. The van der Waals surface area contributed by atoms with Crippen LogP contribution in [0.2, 0.25) is 0 Å². The molecule has 0 saturated heterocycles. The quantitative estimate of drug-likeness (QED) is 0.844. The van der Waals surface area contributed by atoms with Crippen molar-refractivity contribution in [2.75, 3.05) is 12.9 Å². The van der Waals surface area contributed by atoms with Gasteiger partial charge < -0.3 is 14.6 Å². The Balaban J connectivity index is 2.30. The van der Waals surface area contributed by atoms with Gasteiger partial charge in [0, 0.05) is 6.20 Å². The van der Waals surface area contributed by atoms with E-state index in [0.29, 0.717) is 22.2 Å². The number of aromatic nitrogens is 1. The normalized spacial score (nSPS) is 22.4. The molecule has 7 heteroatoms. The second kappa shape index (κ2) is 4.85. The minimum Gasteiger partial charge on any atom is -0.494 e. The van der Waals surface area contributed by atoms with E-state index in [9.17, 15) is 4.79 Å². The zero-order valence-electron chi connectivity index (χ0n) is 9.91. The van der Waals surface area contributed by atoms with Crippen LogP contribution in [0.25, 0.3) is 0 Å². The monoisotopic (exact) mass is 268 g/mol. The van der Waals surface area contributed by atoms with E-state index >= 15 is 0 Å². The van der Waals surface area contributed by atoms with Crippen LogP contribution in [0.3, 0.4) is 0 Å². The van der Waals surface area contributed by atoms with Crippen molar-refractivity contribution in [2.45, 2.75) is 12.6 Å². The van der Waals surface area contributed by atoms with Crippen molar-refractivity contribution in [2.24, 2.45) is 4.99 Å². The van der Waals surface area contributed by atoms with Gasteiger partial charge >= 0.3 is 6.16 Å². The highest BCUT2D eigenvalue weighted by molar-refractivity contribution is 8.14. The van der Waals surface area contributed by atoms with Gasteiger partial charge in [0.2, 0.25) is 5.72 Å². The summed E-state index contributed by atoms with van der Waals surface area (Å²) in [7, 11) is 1.55. The number of aliphatic imine (C=N–C) groups is 1. The minimum absolute atomic E-state index is 0.425. The standard InChI is InChI=1S/C11H12N2O4S/c1-11(17-10(14)15)6-18-9(13-11)8-7(16-2)4-3-5-12-8/h3-5H,6H2,1-2H3,(H,14,15). The molecule has 0 aromatic carbocycles. The Kier molecular flexibility index (Phi) is 3.42. The van der Waals surface area contributed by atoms with Crippen molar-refractivity contribution in [3.05, 3.63) is 24.0 Å². The molecule has 0 bridgehead atoms. The van der Waals surface area contributed by atoms with Gasteiger partial charge in [0.25, 0.3) is 0 Å². The van der Waals surface area contributed by atoms with Crippen molar-refractivity contribution in [3.8, 4) is 5.75 Å². The van der Waals surface area contributed by atoms with Gasteiger partial charge in [-0.05, 0) is 19.1 Å². The van der Waals surface area contributed by atoms with Crippen LogP contribution in [0.1, 0.15) is 12.6 Å². The number of nitrogens with zero attached hydrogens (tertiary/aromatic N) is 2. The third kappa shape index (κ3) is 2.56. The summed E-state index contributed by atoms with van der Waals surface area (Å²) in [5.74, 6) is 1.03. The number of pyridine rings is 1. The molecule has 1 aliphatic rings. The molecule has 2 heterocycles. The Bertz CT molecular complexity index is 506. The molecule has 1 aliphatic heterocycles. The molecule has 0 radical (unpaired) electrons. The lowest BCUT2D eigenvalue weighted by Gasteiger charge is -2.17. The number of rotatable bonds is 3. The van der Waals surface area contributed by atoms with Gasteiger partial charge in [-0.2, -0.15) is 0 Å². The Hall–Kier alpha value is -1.76. The van der Waals surface area contributed by atoms with E-state index in [1.807, 2.05) is 0 Å². The van der Waals surface area contributed by atoms with Crippen molar-refractivity contribution >= 4 is 23.0 Å². The molecule has 0 spiro atoms. The molecular formula is C11H12N2O4S. The molecule has 1 unspecified atom stereocenters. The van der Waals surface area contributed by atoms with E-state index in [0.717, 1.165) is 0 Å². The first-order chi connectivity index (χ1) is 8.54. The van der Waals surface area contributed by atoms with Crippen LogP contribution in [0.15, 0.2) is 23.3 Å². The van der Waals surface area contributed by atoms with E-state index in [-0.39, 0.29) is 0 Å². The Morgan fingerprint density at radius 1 is 1.61 bits per heavy atom. The van der Waals surface area contributed by atoms with E-state index in [1.165, 1.54) is 11.8 Å². The van der Waals surface area contributed by atoms with Crippen LogP contribution in [0, 0.1) is 0 Å². The summed E-state index contributed by atoms with van der Waals surface area (Å²) in [6.07, 6.45) is 0.297. The number of ether oxygens (including phenoxy) is 2. The van der Waals surface area contributed by atoms with Gasteiger partial charge in [-0.3, -0.25) is 4.98 Å². The number of carboxylic acid groups (broad SMARTS) is 1. The van der Waals surface area contributed by atoms with E-state index in [4.69, 9.17) is 14.6 Å². The maximum absolute atomic E-state index is 10.6. The molecule has 18 heavy (non-hydrogen) atoms. The first-order valence-corrected chi connectivity index (χ1v) is 6.16. The van der Waals surface area contributed by atoms with Gasteiger partial charge in [-0.15, -0.1) is 0 Å². The summed E-state index contributed by atoms with van der Waals surface area (Å²) < 4.78 is 9.96. The number of hydrogen-bond acceptors (Lipinski definition) is 6. The molecule has 1 aromatic rings. The summed E-state index contributed by atoms with van der Waals surface area (Å²) >= 11 is 1.39. The van der Waals surface area contributed by atoms with Gasteiger partial charge in [-0.1, -0.05) is 11.8 Å². The smallest absolute Gasteiger partial charge is 0.494 e. The van der Waals surface area contributed by atoms with Gasteiger partial charge in [-0.25, -0.2) is 9.79 Å². The van der Waals surface area contributed by atoms with Crippen molar-refractivity contribution < 1.29 is 19.4 Å². The van der Waals surface area contributed by atoms with Crippen LogP contribution < -0.4 is 4.74 Å². The van der Waals surface area contributed by atoms with Crippen LogP contribution in [-0.2, 0) is 4.74 Å². The molecule has 0 fully saturated rings. The van der Waals surface area contributed by atoms with Crippen LogP contribution in [0.5, 0.6) is 5.75 Å². The predicted octanol–water partition coefficient (Wildman–Crippen LogP) is 1.99. The number of hydrogen-bond donors (Lipinski definition) is 1. The lowest BCUT2D eigenvalue weighted by atomic mass is 10.3. The SMILES string of the molecule is COc1cccnc1C1=NC(C)(OC(=O)O)CS1. The summed E-state index contributed by atoms with van der Waals surface area (Å²) in [5, 5.41) is 9.28. The fourth-order valence-corrected chi connectivity index (χ4v) is 2.63. The average molecular weight is 268 g/mol. The first kappa shape index (κ1) is 12.7. The van der Waals surface area contributed by atoms with Crippen molar-refractivity contribution in [1.82, 2.24) is 4.98 Å². The highest BCUT2D eigenvalue weighted by atomic mass is 32.2. The van der Waals surface area contributed by atoms with E-state index < -0.39 is 11.9 Å². The highest BCUT2D eigenvalue weighted by Crippen LogP contribution is 2.33. The molecule has 96 valence electrons. The molecule has 6 nitrogen and oxygen atoms in total. The fraction of sp³-hybridized carbons (Fsp3) is 0.364. The van der Waals surface area contributed by atoms with Crippen molar-refractivity contribution in [3.63, 3.8) is 0 Å². The van der Waals surface area contributed by atoms with Crippen LogP contribution in [0.4, 0.5) is 4.79 Å². The summed E-state index contributed by atoms with van der Waals surface area (Å²) in [6, 6.07) is 3.54. The Labute approximate surface area is 108 Å². The van der Waals surface area contributed by atoms with Crippen LogP contribution in [-0.4, -0.2) is 39.9 Å². The molecular weight excluding hydrogens is 256 g/mol. The number of thioether (sulfide) groups is 1. The molecule has 1 aromatic heterocycles. The molecule has 1 atom stereocenters. The molecule has 1 N–H and O–H groups in total. The Morgan fingerprint density at radius 2 is 2.39 bits per heavy atom. The lowest BCUT2D eigenvalue weighted by Crippen LogP contribution is -2.29. The van der Waals surface area contributed by atoms with E-state index in [1.54, 1.807) is 32.4 Å². The van der Waals surface area contributed by atoms with Gasteiger partial charge in [0.1, 0.15) is 16.5 Å². The predicted molar refractivity (Wildman–Crippen MR) is 67.3 cm³/mol. The maximum Gasteiger partial charge on any atom is 0.507 e. The third-order valence-electron chi connectivity index (χ3n) is 2.32. The summed E-state index contributed by atoms with van der Waals surface area (Å²) in [6.45, 7) is 1.62. The highest BCUT2D eigenvalue weighted by Gasteiger charge is 2.36. The minimum atomic E-state index is -1.34. The number of carbonyl (C=O) groups is 1. The summed E-state index contributed by atoms with van der Waals surface area (Å²) in [5.41, 5.74) is -0.461. The number of methoxy groups -OCH3 is 1. The molecule has 0 saturated carbocycles. The first-order valence-electron chi connectivity index (χ1n) is 5.18. The second-order valence-corrected chi connectivity index (χ2v) is 4.77. The summed E-state index contributed by atoms with van der Waals surface area (Å²) in [4.78, 5) is 19.1. The Morgan fingerprint density at radius 3 is 3.06 bits per heavy atom. The maximum atomic E-state index is 10.6. The zero-order chi connectivity index (χ0) is 13.2. The zero-order valence-corrected chi connectivity index (χ0v) is 10.7. The molecule has 0 aliphatic carbocycles. The lowest BCUT2D eigenvalue weighted by molar-refractivity contribution is 0.0136. The topological polar surface area (TPSA) is 81.0 Å². The van der Waals surface area contributed by atoms with Crippen molar-refractivity contribution in [1.29, 1.82) is 0 Å². The third-order valence-corrected chi connectivity index (χ3v) is 3.55. The molecule has 2 rings (SSSR count). The van der Waals surface area contributed by atoms with Gasteiger partial charge in [0.15, 0.2) is 0 Å².